The minimum Gasteiger partial charge on any atom is -0.298 e. The van der Waals surface area contributed by atoms with Gasteiger partial charge in [0.05, 0.1) is 5.41 Å². The Morgan fingerprint density at radius 3 is 1.95 bits per heavy atom. The van der Waals surface area contributed by atoms with E-state index in [-0.39, 0.29) is 5.78 Å². The fraction of sp³-hybridized carbons (Fsp3) is 0.211. The van der Waals surface area contributed by atoms with Crippen LogP contribution in [0.5, 0.6) is 0 Å². The molecule has 2 rings (SSSR count). The number of rotatable bonds is 6. The Hall–Kier alpha value is -1.67. The second-order valence-electron chi connectivity index (χ2n) is 5.48. The fourth-order valence-electron chi connectivity index (χ4n) is 2.33. The van der Waals surface area contributed by atoms with Crippen LogP contribution in [0.2, 0.25) is 0 Å². The van der Waals surface area contributed by atoms with Crippen molar-refractivity contribution in [3.8, 4) is 0 Å². The van der Waals surface area contributed by atoms with E-state index in [2.05, 4.69) is 22.5 Å². The van der Waals surface area contributed by atoms with Gasteiger partial charge in [0.2, 0.25) is 0 Å². The van der Waals surface area contributed by atoms with Crippen LogP contribution >= 0.6 is 15.9 Å². The molecular weight excluding hydrogens is 324 g/mol. The summed E-state index contributed by atoms with van der Waals surface area (Å²) in [5, 5.41) is 0. The highest BCUT2D eigenvalue weighted by Crippen LogP contribution is 2.36. The lowest BCUT2D eigenvalue weighted by atomic mass is 9.77. The number of carbonyl (C=O) groups excluding carboxylic acids is 1. The van der Waals surface area contributed by atoms with Crippen molar-refractivity contribution in [3.63, 3.8) is 0 Å². The van der Waals surface area contributed by atoms with Gasteiger partial charge in [-0.2, -0.15) is 0 Å². The number of benzene rings is 2. The van der Waals surface area contributed by atoms with Gasteiger partial charge in [-0.1, -0.05) is 83.2 Å². The van der Waals surface area contributed by atoms with Crippen molar-refractivity contribution in [2.45, 2.75) is 19.8 Å². The molecule has 0 saturated carbocycles. The van der Waals surface area contributed by atoms with Gasteiger partial charge in [0.1, 0.15) is 5.78 Å². The van der Waals surface area contributed by atoms with Crippen molar-refractivity contribution >= 4 is 21.7 Å². The molecule has 0 aliphatic heterocycles. The first-order chi connectivity index (χ1) is 10.0. The number of hydrogen-bond donors (Lipinski definition) is 0. The zero-order valence-electron chi connectivity index (χ0n) is 12.2. The largest absolute Gasteiger partial charge is 0.298 e. The highest BCUT2D eigenvalue weighted by molar-refractivity contribution is 9.11. The molecule has 0 aliphatic rings. The molecular formula is C19H19BrO. The number of Topliss-reactive ketones (excluding diaryl/α,β-unsaturated/α-hetero) is 1. The zero-order valence-corrected chi connectivity index (χ0v) is 13.8. The second kappa shape index (κ2) is 6.86. The van der Waals surface area contributed by atoms with Crippen LogP contribution in [0.4, 0.5) is 0 Å². The van der Waals surface area contributed by atoms with Gasteiger partial charge >= 0.3 is 0 Å². The van der Waals surface area contributed by atoms with Gasteiger partial charge in [0, 0.05) is 10.9 Å². The SMILES string of the molecule is C=C(Br)C(C)(Cc1ccccc1)C(=O)Cc1ccccc1. The Labute approximate surface area is 134 Å². The summed E-state index contributed by atoms with van der Waals surface area (Å²) in [6, 6.07) is 19.9. The average molecular weight is 343 g/mol. The molecule has 0 aliphatic carbocycles. The lowest BCUT2D eigenvalue weighted by Crippen LogP contribution is -2.32. The summed E-state index contributed by atoms with van der Waals surface area (Å²) in [5.74, 6) is 0.180. The molecule has 1 atom stereocenters. The molecule has 2 aromatic rings. The lowest BCUT2D eigenvalue weighted by Gasteiger charge is -2.28. The molecule has 2 aromatic carbocycles. The van der Waals surface area contributed by atoms with Crippen molar-refractivity contribution in [1.29, 1.82) is 0 Å². The predicted octanol–water partition coefficient (Wildman–Crippen LogP) is 4.96. The fourth-order valence-corrected chi connectivity index (χ4v) is 2.69. The highest BCUT2D eigenvalue weighted by atomic mass is 79.9. The van der Waals surface area contributed by atoms with Crippen LogP contribution in [0.3, 0.4) is 0 Å². The Kier molecular flexibility index (Phi) is 5.13. The number of allylic oxidation sites excluding steroid dienone is 1. The van der Waals surface area contributed by atoms with Crippen LogP contribution in [0.25, 0.3) is 0 Å². The van der Waals surface area contributed by atoms with Gasteiger partial charge in [-0.3, -0.25) is 4.79 Å². The van der Waals surface area contributed by atoms with E-state index in [0.717, 1.165) is 15.6 Å². The number of ketones is 1. The first-order valence-corrected chi connectivity index (χ1v) is 7.78. The molecule has 0 saturated heterocycles. The molecule has 1 unspecified atom stereocenters. The highest BCUT2D eigenvalue weighted by Gasteiger charge is 2.34. The Bertz CT molecular complexity index is 619. The van der Waals surface area contributed by atoms with Crippen molar-refractivity contribution < 1.29 is 4.79 Å². The van der Waals surface area contributed by atoms with Crippen LogP contribution in [0, 0.1) is 5.41 Å². The normalized spacial score (nSPS) is 13.4. The van der Waals surface area contributed by atoms with E-state index >= 15 is 0 Å². The predicted molar refractivity (Wildman–Crippen MR) is 91.5 cm³/mol. The van der Waals surface area contributed by atoms with Crippen LogP contribution < -0.4 is 0 Å². The summed E-state index contributed by atoms with van der Waals surface area (Å²) in [7, 11) is 0. The topological polar surface area (TPSA) is 17.1 Å². The Morgan fingerprint density at radius 1 is 1.00 bits per heavy atom. The van der Waals surface area contributed by atoms with E-state index in [1.54, 1.807) is 0 Å². The maximum Gasteiger partial charge on any atom is 0.148 e. The number of carbonyl (C=O) groups is 1. The summed E-state index contributed by atoms with van der Waals surface area (Å²) < 4.78 is 0.736. The Morgan fingerprint density at radius 2 is 1.48 bits per heavy atom. The molecule has 108 valence electrons. The summed E-state index contributed by atoms with van der Waals surface area (Å²) >= 11 is 3.45. The van der Waals surface area contributed by atoms with E-state index in [9.17, 15) is 4.79 Å². The standard InChI is InChI=1S/C19H19BrO/c1-15(20)19(2,14-17-11-7-4-8-12-17)18(21)13-16-9-5-3-6-10-16/h3-12H,1,13-14H2,2H3. The maximum absolute atomic E-state index is 12.8. The third-order valence-electron chi connectivity index (χ3n) is 3.82. The van der Waals surface area contributed by atoms with Crippen LogP contribution in [-0.2, 0) is 17.6 Å². The summed E-state index contributed by atoms with van der Waals surface area (Å²) in [5.41, 5.74) is 1.58. The maximum atomic E-state index is 12.8. The molecule has 21 heavy (non-hydrogen) atoms. The Balaban J connectivity index is 2.21. The van der Waals surface area contributed by atoms with Crippen LogP contribution in [0.15, 0.2) is 71.7 Å². The monoisotopic (exact) mass is 342 g/mol. The van der Waals surface area contributed by atoms with Crippen molar-refractivity contribution in [1.82, 2.24) is 0 Å². The molecule has 0 bridgehead atoms. The van der Waals surface area contributed by atoms with Crippen molar-refractivity contribution in [3.05, 3.63) is 82.9 Å². The third-order valence-corrected chi connectivity index (χ3v) is 4.70. The first kappa shape index (κ1) is 15.7. The molecule has 0 radical (unpaired) electrons. The quantitative estimate of drug-likeness (QED) is 0.725. The molecule has 0 amide bonds. The van der Waals surface area contributed by atoms with Crippen molar-refractivity contribution in [2.24, 2.45) is 5.41 Å². The first-order valence-electron chi connectivity index (χ1n) is 6.98. The second-order valence-corrected chi connectivity index (χ2v) is 6.44. The molecule has 0 heterocycles. The molecule has 0 aromatic heterocycles. The van der Waals surface area contributed by atoms with Crippen LogP contribution in [0.1, 0.15) is 18.1 Å². The van der Waals surface area contributed by atoms with E-state index in [1.165, 1.54) is 0 Å². The van der Waals surface area contributed by atoms with E-state index in [4.69, 9.17) is 0 Å². The van der Waals surface area contributed by atoms with Gasteiger partial charge in [-0.15, -0.1) is 0 Å². The minimum absolute atomic E-state index is 0.180. The smallest absolute Gasteiger partial charge is 0.148 e. The van der Waals surface area contributed by atoms with Crippen LogP contribution in [-0.4, -0.2) is 5.78 Å². The summed E-state index contributed by atoms with van der Waals surface area (Å²) in [4.78, 5) is 12.8. The van der Waals surface area contributed by atoms with Gasteiger partial charge in [0.25, 0.3) is 0 Å². The van der Waals surface area contributed by atoms with Crippen molar-refractivity contribution in [2.75, 3.05) is 0 Å². The number of halogens is 1. The molecule has 0 spiro atoms. The van der Waals surface area contributed by atoms with Gasteiger partial charge in [-0.25, -0.2) is 0 Å². The van der Waals surface area contributed by atoms with E-state index < -0.39 is 5.41 Å². The van der Waals surface area contributed by atoms with E-state index in [0.29, 0.717) is 12.8 Å². The lowest BCUT2D eigenvalue weighted by molar-refractivity contribution is -0.125. The third kappa shape index (κ3) is 3.92. The van der Waals surface area contributed by atoms with Gasteiger partial charge in [-0.05, 0) is 24.5 Å². The molecule has 0 fully saturated rings. The number of hydrogen-bond acceptors (Lipinski definition) is 1. The van der Waals surface area contributed by atoms with Gasteiger partial charge < -0.3 is 0 Å². The minimum atomic E-state index is -0.600. The van der Waals surface area contributed by atoms with Gasteiger partial charge in [0.15, 0.2) is 0 Å². The van der Waals surface area contributed by atoms with E-state index in [1.807, 2.05) is 67.6 Å². The average Bonchev–Trinajstić information content (AvgIpc) is 2.49. The molecule has 0 N–H and O–H groups in total. The summed E-state index contributed by atoms with van der Waals surface area (Å²) in [6.45, 7) is 5.94. The summed E-state index contributed by atoms with van der Waals surface area (Å²) in [6.07, 6.45) is 1.08. The molecule has 2 heteroatoms. The molecule has 1 nitrogen and oxygen atoms in total. The zero-order chi connectivity index (χ0) is 15.3.